The molecule has 2 heteroatoms. The van der Waals surface area contributed by atoms with Crippen LogP contribution in [-0.2, 0) is 7.05 Å². The second-order valence-corrected chi connectivity index (χ2v) is 15.6. The normalized spacial score (nSPS) is 16.8. The molecule has 56 heavy (non-hydrogen) atoms. The van der Waals surface area contributed by atoms with Crippen LogP contribution in [0.4, 0.5) is 0 Å². The van der Waals surface area contributed by atoms with Crippen molar-refractivity contribution in [3.63, 3.8) is 0 Å². The van der Waals surface area contributed by atoms with Gasteiger partial charge in [0.15, 0.2) is 0 Å². The fourth-order valence-corrected chi connectivity index (χ4v) is 9.89. The summed E-state index contributed by atoms with van der Waals surface area (Å²) in [6.45, 7) is 0. The molecule has 0 radical (unpaired) electrons. The van der Waals surface area contributed by atoms with Gasteiger partial charge in [0.05, 0.1) is 11.0 Å². The van der Waals surface area contributed by atoms with Gasteiger partial charge in [-0.3, -0.25) is 0 Å². The molecule has 1 aromatic heterocycles. The fraction of sp³-hybridized carbons (Fsp3) is 0.130. The molecule has 1 heterocycles. The lowest BCUT2D eigenvalue weighted by Gasteiger charge is -2.30. The molecule has 0 amide bonds. The van der Waals surface area contributed by atoms with E-state index in [2.05, 4.69) is 182 Å². The molecule has 0 N–H and O–H groups in total. The molecule has 6 aromatic carbocycles. The number of allylic oxidation sites excluding steroid dienone is 12. The molecule has 4 aliphatic carbocycles. The molecule has 0 bridgehead atoms. The monoisotopic (exact) mass is 718 g/mol. The molecule has 1 unspecified atom stereocenters. The van der Waals surface area contributed by atoms with Crippen LogP contribution < -0.4 is 0 Å². The summed E-state index contributed by atoms with van der Waals surface area (Å²) in [5, 5.41) is 2.63. The van der Waals surface area contributed by atoms with Crippen LogP contribution in [0, 0.1) is 0 Å². The van der Waals surface area contributed by atoms with Crippen LogP contribution in [0.5, 0.6) is 0 Å². The Bertz CT molecular complexity index is 2930. The number of nitrogens with zero attached hydrogens (tertiary/aromatic N) is 2. The number of fused-ring (bicyclic) bond motifs is 4. The first-order valence-electron chi connectivity index (χ1n) is 20.2. The average molecular weight is 719 g/mol. The minimum Gasteiger partial charge on any atom is -0.327 e. The maximum atomic E-state index is 5.20. The third-order valence-corrected chi connectivity index (χ3v) is 12.4. The lowest BCUT2D eigenvalue weighted by molar-refractivity contribution is 0.857. The van der Waals surface area contributed by atoms with Gasteiger partial charge < -0.3 is 4.57 Å². The Morgan fingerprint density at radius 2 is 1.38 bits per heavy atom. The minimum atomic E-state index is 0.238. The van der Waals surface area contributed by atoms with Crippen molar-refractivity contribution in [3.8, 4) is 55.6 Å². The molecule has 1 atom stereocenters. The van der Waals surface area contributed by atoms with E-state index in [1.807, 2.05) is 0 Å². The van der Waals surface area contributed by atoms with Crippen LogP contribution in [0.2, 0.25) is 0 Å². The molecular formula is C54H42N2. The summed E-state index contributed by atoms with van der Waals surface area (Å²) in [4.78, 5) is 5.20. The first-order chi connectivity index (χ1) is 27.7. The first kappa shape index (κ1) is 32.9. The van der Waals surface area contributed by atoms with E-state index in [1.54, 1.807) is 0 Å². The van der Waals surface area contributed by atoms with E-state index in [0.717, 1.165) is 49.0 Å². The van der Waals surface area contributed by atoms with E-state index >= 15 is 0 Å². The average Bonchev–Trinajstić information content (AvgIpc) is 3.79. The van der Waals surface area contributed by atoms with E-state index in [9.17, 15) is 0 Å². The molecule has 4 aliphatic rings. The van der Waals surface area contributed by atoms with Crippen LogP contribution in [0.1, 0.15) is 55.0 Å². The summed E-state index contributed by atoms with van der Waals surface area (Å²) in [5.74, 6) is 1.27. The summed E-state index contributed by atoms with van der Waals surface area (Å²) < 4.78 is 2.24. The van der Waals surface area contributed by atoms with Gasteiger partial charge in [0.2, 0.25) is 0 Å². The van der Waals surface area contributed by atoms with Gasteiger partial charge in [-0.1, -0.05) is 158 Å². The van der Waals surface area contributed by atoms with Gasteiger partial charge in [0.25, 0.3) is 0 Å². The number of aryl methyl sites for hydroxylation is 1. The van der Waals surface area contributed by atoms with E-state index < -0.39 is 0 Å². The molecule has 268 valence electrons. The van der Waals surface area contributed by atoms with Crippen molar-refractivity contribution in [1.29, 1.82) is 0 Å². The van der Waals surface area contributed by atoms with E-state index in [-0.39, 0.29) is 5.92 Å². The summed E-state index contributed by atoms with van der Waals surface area (Å²) in [6.07, 6.45) is 28.2. The summed E-state index contributed by atoms with van der Waals surface area (Å²) in [7, 11) is 2.14. The highest BCUT2D eigenvalue weighted by atomic mass is 15.1. The van der Waals surface area contributed by atoms with Crippen LogP contribution in [-0.4, -0.2) is 9.55 Å². The summed E-state index contributed by atoms with van der Waals surface area (Å²) in [6, 6.07) is 41.0. The lowest BCUT2D eigenvalue weighted by atomic mass is 9.73. The maximum Gasteiger partial charge on any atom is 0.140 e. The van der Waals surface area contributed by atoms with Gasteiger partial charge in [0.1, 0.15) is 5.82 Å². The standard InChI is InChI=1S/C54H42N2/c1-56-46-33-30-40(34-45(46)55-54(56)39-26-15-6-16-27-39)41-31-32-44-51-42(41)28-17-29-43(51)52-49(37-22-11-4-12-23-37)47(35-18-7-2-8-19-35)48(36-20-9-3-10-21-36)50(53(44)52)38-24-13-5-14-25-38/h2-5,7-11,13-15,17-20,22,24-34,36H,6,12,16,21,23H2,1H3. The van der Waals surface area contributed by atoms with Gasteiger partial charge in [-0.15, -0.1) is 0 Å². The first-order valence-corrected chi connectivity index (χ1v) is 20.2. The molecule has 0 fully saturated rings. The van der Waals surface area contributed by atoms with Crippen molar-refractivity contribution >= 4 is 33.0 Å². The molecule has 11 rings (SSSR count). The molecule has 0 aliphatic heterocycles. The zero-order valence-electron chi connectivity index (χ0n) is 31.7. The van der Waals surface area contributed by atoms with Crippen molar-refractivity contribution in [1.82, 2.24) is 9.55 Å². The van der Waals surface area contributed by atoms with Crippen molar-refractivity contribution in [3.05, 3.63) is 187 Å². The van der Waals surface area contributed by atoms with Crippen LogP contribution in [0.25, 0.3) is 88.6 Å². The molecule has 7 aromatic rings. The predicted molar refractivity (Wildman–Crippen MR) is 237 cm³/mol. The summed E-state index contributed by atoms with van der Waals surface area (Å²) in [5.41, 5.74) is 20.8. The van der Waals surface area contributed by atoms with Crippen molar-refractivity contribution in [2.45, 2.75) is 38.0 Å². The lowest BCUT2D eigenvalue weighted by Crippen LogP contribution is -2.08. The number of hydrogen-bond donors (Lipinski definition) is 0. The number of imidazole rings is 1. The highest BCUT2D eigenvalue weighted by Gasteiger charge is 2.36. The zero-order chi connectivity index (χ0) is 37.2. The number of hydrogen-bond acceptors (Lipinski definition) is 1. The van der Waals surface area contributed by atoms with Crippen LogP contribution >= 0.6 is 0 Å². The van der Waals surface area contributed by atoms with Gasteiger partial charge in [0, 0.05) is 18.5 Å². The van der Waals surface area contributed by atoms with Crippen molar-refractivity contribution < 1.29 is 0 Å². The second-order valence-electron chi connectivity index (χ2n) is 15.6. The largest absolute Gasteiger partial charge is 0.327 e. The highest BCUT2D eigenvalue weighted by molar-refractivity contribution is 6.24. The summed E-state index contributed by atoms with van der Waals surface area (Å²) >= 11 is 0. The Hall–Kier alpha value is -6.51. The highest BCUT2D eigenvalue weighted by Crippen LogP contribution is 2.60. The van der Waals surface area contributed by atoms with E-state index in [1.165, 1.54) is 88.7 Å². The molecular weight excluding hydrogens is 677 g/mol. The zero-order valence-corrected chi connectivity index (χ0v) is 31.7. The van der Waals surface area contributed by atoms with Crippen molar-refractivity contribution in [2.24, 2.45) is 7.05 Å². The smallest absolute Gasteiger partial charge is 0.140 e. The predicted octanol–water partition coefficient (Wildman–Crippen LogP) is 14.4. The Kier molecular flexibility index (Phi) is 7.84. The molecule has 0 saturated carbocycles. The van der Waals surface area contributed by atoms with Crippen LogP contribution in [0.3, 0.4) is 0 Å². The maximum absolute atomic E-state index is 5.20. The minimum absolute atomic E-state index is 0.238. The third kappa shape index (κ3) is 5.13. The number of benzene rings is 6. The van der Waals surface area contributed by atoms with E-state index in [4.69, 9.17) is 4.98 Å². The second kappa shape index (κ2) is 13.4. The van der Waals surface area contributed by atoms with Gasteiger partial charge >= 0.3 is 0 Å². The Balaban J connectivity index is 1.22. The van der Waals surface area contributed by atoms with Gasteiger partial charge in [-0.05, 0) is 127 Å². The van der Waals surface area contributed by atoms with Crippen molar-refractivity contribution in [2.75, 3.05) is 0 Å². The topological polar surface area (TPSA) is 17.8 Å². The molecule has 2 nitrogen and oxygen atoms in total. The Morgan fingerprint density at radius 3 is 2.11 bits per heavy atom. The fourth-order valence-electron chi connectivity index (χ4n) is 9.89. The Labute approximate surface area is 328 Å². The molecule has 0 spiro atoms. The van der Waals surface area contributed by atoms with Gasteiger partial charge in [-0.25, -0.2) is 4.98 Å². The van der Waals surface area contributed by atoms with E-state index in [0.29, 0.717) is 0 Å². The Morgan fingerprint density at radius 1 is 0.607 bits per heavy atom. The SMILES string of the molecule is Cn1c(C2=CCCC=C2)nc2cc(-c3ccc4c5c(cccc35)-c3c(C5=CC=CCC5)c(-c5ccccc5)c(C5C=CC=CC5)c(-c5ccccc5)c3-4)ccc21. The molecule has 0 saturated heterocycles. The quantitative estimate of drug-likeness (QED) is 0.167. The van der Waals surface area contributed by atoms with Gasteiger partial charge in [-0.2, -0.15) is 0 Å². The number of aromatic nitrogens is 2. The van der Waals surface area contributed by atoms with Crippen LogP contribution in [0.15, 0.2) is 170 Å². The third-order valence-electron chi connectivity index (χ3n) is 12.4. The number of rotatable bonds is 6.